The number of nitrogens with two attached hydrogens (primary N) is 1. The highest BCUT2D eigenvalue weighted by Crippen LogP contribution is 2.13. The molecule has 0 aromatic rings. The third-order valence-corrected chi connectivity index (χ3v) is 3.54. The monoisotopic (exact) mass is 255 g/mol. The Kier molecular flexibility index (Phi) is 6.21. The predicted molar refractivity (Wildman–Crippen MR) is 75.9 cm³/mol. The van der Waals surface area contributed by atoms with Crippen molar-refractivity contribution in [2.75, 3.05) is 12.0 Å². The number of thioether (sulfide) groups is 1. The van der Waals surface area contributed by atoms with E-state index >= 15 is 0 Å². The van der Waals surface area contributed by atoms with Crippen molar-refractivity contribution in [3.63, 3.8) is 0 Å². The van der Waals surface area contributed by atoms with Crippen LogP contribution in [0.2, 0.25) is 19.6 Å². The standard InChI is InChI=1S/C12H21NOSSi/c1-6-12(14,8-10-16(3,4)5)11(13)7-9-15-2/h1,11,14H,7,9,13H2,2-5H3/t11-,12+/m1/s1. The molecule has 0 aromatic carbocycles. The summed E-state index contributed by atoms with van der Waals surface area (Å²) in [6.45, 7) is 6.30. The molecule has 4 heteroatoms. The molecule has 0 saturated heterocycles. The van der Waals surface area contributed by atoms with Gasteiger partial charge in [0, 0.05) is 0 Å². The third-order valence-electron chi connectivity index (χ3n) is 2.02. The van der Waals surface area contributed by atoms with Gasteiger partial charge < -0.3 is 10.8 Å². The third kappa shape index (κ3) is 5.63. The van der Waals surface area contributed by atoms with E-state index in [0.29, 0.717) is 6.42 Å². The highest BCUT2D eigenvalue weighted by Gasteiger charge is 2.30. The summed E-state index contributed by atoms with van der Waals surface area (Å²) in [5.74, 6) is 6.00. The molecule has 2 nitrogen and oxygen atoms in total. The number of hydrogen-bond donors (Lipinski definition) is 2. The molecule has 0 unspecified atom stereocenters. The lowest BCUT2D eigenvalue weighted by molar-refractivity contribution is 0.130. The van der Waals surface area contributed by atoms with Crippen LogP contribution in [-0.4, -0.2) is 36.8 Å². The first kappa shape index (κ1) is 15.6. The molecule has 0 amide bonds. The van der Waals surface area contributed by atoms with E-state index in [1.54, 1.807) is 11.8 Å². The molecule has 0 aliphatic rings. The molecule has 0 radical (unpaired) electrons. The Hall–Kier alpha value is -0.393. The van der Waals surface area contributed by atoms with Crippen LogP contribution < -0.4 is 5.73 Å². The van der Waals surface area contributed by atoms with Crippen LogP contribution in [-0.2, 0) is 0 Å². The van der Waals surface area contributed by atoms with Crippen molar-refractivity contribution < 1.29 is 5.11 Å². The molecule has 0 spiro atoms. The number of terminal acetylenes is 1. The van der Waals surface area contributed by atoms with Gasteiger partial charge in [0.05, 0.1) is 6.04 Å². The molecule has 0 aliphatic carbocycles. The van der Waals surface area contributed by atoms with Crippen molar-refractivity contribution in [1.29, 1.82) is 0 Å². The Morgan fingerprint density at radius 3 is 2.44 bits per heavy atom. The number of aliphatic hydroxyl groups is 1. The Balaban J connectivity index is 4.78. The van der Waals surface area contributed by atoms with Gasteiger partial charge in [-0.3, -0.25) is 0 Å². The maximum Gasteiger partial charge on any atom is 0.202 e. The summed E-state index contributed by atoms with van der Waals surface area (Å²) in [5, 5.41) is 10.2. The largest absolute Gasteiger partial charge is 0.366 e. The fourth-order valence-electron chi connectivity index (χ4n) is 0.972. The maximum absolute atomic E-state index is 10.2. The minimum atomic E-state index is -1.54. The van der Waals surface area contributed by atoms with Crippen LogP contribution in [0.5, 0.6) is 0 Å². The topological polar surface area (TPSA) is 46.2 Å². The molecule has 0 fully saturated rings. The Bertz CT molecular complexity index is 321. The summed E-state index contributed by atoms with van der Waals surface area (Å²) in [6, 6.07) is -0.478. The molecule has 0 saturated carbocycles. The van der Waals surface area contributed by atoms with E-state index in [9.17, 15) is 5.11 Å². The fourth-order valence-corrected chi connectivity index (χ4v) is 2.03. The van der Waals surface area contributed by atoms with Gasteiger partial charge >= 0.3 is 0 Å². The number of hydrogen-bond acceptors (Lipinski definition) is 3. The quantitative estimate of drug-likeness (QED) is 0.588. The minimum Gasteiger partial charge on any atom is -0.366 e. The van der Waals surface area contributed by atoms with Crippen molar-refractivity contribution in [2.45, 2.75) is 37.7 Å². The van der Waals surface area contributed by atoms with Gasteiger partial charge in [-0.2, -0.15) is 11.8 Å². The first-order valence-corrected chi connectivity index (χ1v) is 10.1. The lowest BCUT2D eigenvalue weighted by atomic mass is 9.95. The second kappa shape index (κ2) is 6.37. The van der Waals surface area contributed by atoms with Gasteiger partial charge in [0.25, 0.3) is 0 Å². The van der Waals surface area contributed by atoms with E-state index in [1.807, 2.05) is 6.26 Å². The average molecular weight is 255 g/mol. The van der Waals surface area contributed by atoms with Crippen LogP contribution >= 0.6 is 11.8 Å². The Labute approximate surface area is 104 Å². The van der Waals surface area contributed by atoms with Gasteiger partial charge in [0.15, 0.2) is 0 Å². The SMILES string of the molecule is C#C[C@](O)(C#C[Si](C)(C)C)[C@H](N)CCSC. The molecule has 90 valence electrons. The molecular weight excluding hydrogens is 234 g/mol. The van der Waals surface area contributed by atoms with Crippen LogP contribution in [0.15, 0.2) is 0 Å². The fraction of sp³-hybridized carbons (Fsp3) is 0.667. The molecule has 3 N–H and O–H groups in total. The highest BCUT2D eigenvalue weighted by atomic mass is 32.2. The van der Waals surface area contributed by atoms with E-state index in [1.165, 1.54) is 0 Å². The smallest absolute Gasteiger partial charge is 0.202 e. The minimum absolute atomic E-state index is 0.478. The number of rotatable bonds is 4. The normalized spacial score (nSPS) is 16.6. The highest BCUT2D eigenvalue weighted by molar-refractivity contribution is 7.98. The van der Waals surface area contributed by atoms with Crippen molar-refractivity contribution in [2.24, 2.45) is 5.73 Å². The zero-order chi connectivity index (χ0) is 12.8. The van der Waals surface area contributed by atoms with E-state index in [4.69, 9.17) is 12.2 Å². The van der Waals surface area contributed by atoms with E-state index in [0.717, 1.165) is 5.75 Å². The second-order valence-electron chi connectivity index (χ2n) is 4.80. The summed E-state index contributed by atoms with van der Waals surface area (Å²) in [4.78, 5) is 0. The van der Waals surface area contributed by atoms with Gasteiger partial charge in [-0.1, -0.05) is 31.5 Å². The first-order chi connectivity index (χ1) is 7.25. The van der Waals surface area contributed by atoms with Crippen LogP contribution in [0.3, 0.4) is 0 Å². The van der Waals surface area contributed by atoms with Crippen LogP contribution in [0.4, 0.5) is 0 Å². The molecule has 2 atom stereocenters. The second-order valence-corrected chi connectivity index (χ2v) is 10.5. The van der Waals surface area contributed by atoms with E-state index in [2.05, 4.69) is 37.0 Å². The summed E-state index contributed by atoms with van der Waals surface area (Å²) in [5.41, 5.74) is 7.49. The van der Waals surface area contributed by atoms with Gasteiger partial charge in [-0.25, -0.2) is 0 Å². The average Bonchev–Trinajstić information content (AvgIpc) is 2.21. The lowest BCUT2D eigenvalue weighted by Gasteiger charge is -2.24. The molecule has 0 heterocycles. The van der Waals surface area contributed by atoms with Gasteiger partial charge in [0.2, 0.25) is 5.60 Å². The van der Waals surface area contributed by atoms with Crippen molar-refractivity contribution in [3.05, 3.63) is 0 Å². The molecule has 0 rings (SSSR count). The first-order valence-electron chi connectivity index (χ1n) is 5.24. The van der Waals surface area contributed by atoms with Crippen LogP contribution in [0.25, 0.3) is 0 Å². The summed E-state index contributed by atoms with van der Waals surface area (Å²) in [6.07, 6.45) is 8.00. The van der Waals surface area contributed by atoms with E-state index in [-0.39, 0.29) is 0 Å². The van der Waals surface area contributed by atoms with Gasteiger partial charge in [-0.15, -0.1) is 12.0 Å². The maximum atomic E-state index is 10.2. The summed E-state index contributed by atoms with van der Waals surface area (Å²) >= 11 is 1.68. The van der Waals surface area contributed by atoms with Crippen LogP contribution in [0, 0.1) is 23.8 Å². The zero-order valence-corrected chi connectivity index (χ0v) is 12.3. The van der Waals surface area contributed by atoms with Crippen molar-refractivity contribution in [3.8, 4) is 23.8 Å². The van der Waals surface area contributed by atoms with E-state index < -0.39 is 19.7 Å². The summed E-state index contributed by atoms with van der Waals surface area (Å²) in [7, 11) is -1.54. The Morgan fingerprint density at radius 1 is 1.50 bits per heavy atom. The summed E-state index contributed by atoms with van der Waals surface area (Å²) < 4.78 is 0. The zero-order valence-electron chi connectivity index (χ0n) is 10.5. The van der Waals surface area contributed by atoms with Crippen molar-refractivity contribution in [1.82, 2.24) is 0 Å². The molecular formula is C12H21NOSSi. The van der Waals surface area contributed by atoms with Gasteiger partial charge in [-0.05, 0) is 18.4 Å². The van der Waals surface area contributed by atoms with Crippen molar-refractivity contribution >= 4 is 19.8 Å². The lowest BCUT2D eigenvalue weighted by Crippen LogP contribution is -2.46. The van der Waals surface area contributed by atoms with Crippen LogP contribution in [0.1, 0.15) is 6.42 Å². The van der Waals surface area contributed by atoms with Gasteiger partial charge in [0.1, 0.15) is 8.07 Å². The molecule has 0 aromatic heterocycles. The Morgan fingerprint density at radius 2 is 2.06 bits per heavy atom. The molecule has 0 bridgehead atoms. The molecule has 16 heavy (non-hydrogen) atoms. The predicted octanol–water partition coefficient (Wildman–Crippen LogP) is 1.31. The molecule has 0 aliphatic heterocycles.